The molecule has 21 heavy (non-hydrogen) atoms. The Morgan fingerprint density at radius 3 is 2.81 bits per heavy atom. The molecule has 0 saturated heterocycles. The van der Waals surface area contributed by atoms with Gasteiger partial charge in [-0.1, -0.05) is 0 Å². The topological polar surface area (TPSA) is 55.1 Å². The second-order valence-corrected chi connectivity index (χ2v) is 5.22. The summed E-state index contributed by atoms with van der Waals surface area (Å²) < 4.78 is 28.3. The van der Waals surface area contributed by atoms with Gasteiger partial charge < -0.3 is 9.67 Å². The van der Waals surface area contributed by atoms with E-state index in [1.807, 2.05) is 11.5 Å². The SMILES string of the molecule is Cc1c(-c2ccc(F)c(F)c2)nc2n1CCCC2C(=O)O. The summed E-state index contributed by atoms with van der Waals surface area (Å²) in [6, 6.07) is 3.60. The maximum Gasteiger partial charge on any atom is 0.314 e. The molecule has 4 nitrogen and oxygen atoms in total. The molecule has 0 spiro atoms. The Bertz CT molecular complexity index is 725. The quantitative estimate of drug-likeness (QED) is 0.925. The summed E-state index contributed by atoms with van der Waals surface area (Å²) in [4.78, 5) is 15.7. The van der Waals surface area contributed by atoms with Crippen LogP contribution in [0.15, 0.2) is 18.2 Å². The molecule has 1 aromatic heterocycles. The van der Waals surface area contributed by atoms with Gasteiger partial charge >= 0.3 is 5.97 Å². The van der Waals surface area contributed by atoms with Crippen molar-refractivity contribution in [3.05, 3.63) is 41.4 Å². The van der Waals surface area contributed by atoms with Gasteiger partial charge in [-0.05, 0) is 38.0 Å². The first-order valence-corrected chi connectivity index (χ1v) is 6.74. The third-order valence-electron chi connectivity index (χ3n) is 3.93. The fourth-order valence-corrected chi connectivity index (χ4v) is 2.84. The van der Waals surface area contributed by atoms with Gasteiger partial charge in [0.15, 0.2) is 11.6 Å². The maximum absolute atomic E-state index is 13.4. The van der Waals surface area contributed by atoms with E-state index in [9.17, 15) is 18.7 Å². The van der Waals surface area contributed by atoms with Crippen LogP contribution in [-0.2, 0) is 11.3 Å². The first-order valence-electron chi connectivity index (χ1n) is 6.74. The summed E-state index contributed by atoms with van der Waals surface area (Å²) in [6.45, 7) is 2.51. The van der Waals surface area contributed by atoms with Gasteiger partial charge in [-0.25, -0.2) is 13.8 Å². The van der Waals surface area contributed by atoms with Gasteiger partial charge in [0.05, 0.1) is 5.69 Å². The summed E-state index contributed by atoms with van der Waals surface area (Å²) in [7, 11) is 0. The Morgan fingerprint density at radius 2 is 2.14 bits per heavy atom. The number of imidazole rings is 1. The highest BCUT2D eigenvalue weighted by atomic mass is 19.2. The van der Waals surface area contributed by atoms with Gasteiger partial charge in [-0.3, -0.25) is 4.79 Å². The number of nitrogens with zero attached hydrogens (tertiary/aromatic N) is 2. The zero-order valence-corrected chi connectivity index (χ0v) is 11.4. The van der Waals surface area contributed by atoms with E-state index >= 15 is 0 Å². The molecule has 0 fully saturated rings. The highest BCUT2D eigenvalue weighted by molar-refractivity contribution is 5.76. The predicted molar refractivity (Wildman–Crippen MR) is 71.9 cm³/mol. The number of carbonyl (C=O) groups is 1. The molecular weight excluding hydrogens is 278 g/mol. The zero-order valence-electron chi connectivity index (χ0n) is 11.4. The molecule has 0 amide bonds. The molecule has 0 aliphatic carbocycles. The van der Waals surface area contributed by atoms with Gasteiger partial charge in [-0.2, -0.15) is 0 Å². The maximum atomic E-state index is 13.4. The molecular formula is C15H14F2N2O2. The average Bonchev–Trinajstić information content (AvgIpc) is 2.79. The number of carboxylic acids is 1. The van der Waals surface area contributed by atoms with Crippen LogP contribution in [0.2, 0.25) is 0 Å². The summed E-state index contributed by atoms with van der Waals surface area (Å²) in [5, 5.41) is 9.27. The molecule has 2 heterocycles. The van der Waals surface area contributed by atoms with Crippen molar-refractivity contribution in [3.63, 3.8) is 0 Å². The molecule has 110 valence electrons. The number of aliphatic carboxylic acids is 1. The van der Waals surface area contributed by atoms with Crippen LogP contribution < -0.4 is 0 Å². The highest BCUT2D eigenvalue weighted by Crippen LogP contribution is 2.33. The Kier molecular flexibility index (Phi) is 3.23. The second kappa shape index (κ2) is 4.95. The van der Waals surface area contributed by atoms with Crippen LogP contribution in [-0.4, -0.2) is 20.6 Å². The van der Waals surface area contributed by atoms with E-state index in [4.69, 9.17) is 0 Å². The van der Waals surface area contributed by atoms with Gasteiger partial charge in [0.2, 0.25) is 0 Å². The third kappa shape index (κ3) is 2.20. The van der Waals surface area contributed by atoms with Crippen molar-refractivity contribution in [1.29, 1.82) is 0 Å². The van der Waals surface area contributed by atoms with Gasteiger partial charge in [-0.15, -0.1) is 0 Å². The van der Waals surface area contributed by atoms with Crippen molar-refractivity contribution < 1.29 is 18.7 Å². The van der Waals surface area contributed by atoms with Gasteiger partial charge in [0.25, 0.3) is 0 Å². The normalized spacial score (nSPS) is 17.6. The van der Waals surface area contributed by atoms with Crippen LogP contribution >= 0.6 is 0 Å². The minimum atomic E-state index is -0.937. The lowest BCUT2D eigenvalue weighted by Crippen LogP contribution is -2.22. The van der Waals surface area contributed by atoms with Crippen LogP contribution in [0.25, 0.3) is 11.3 Å². The van der Waals surface area contributed by atoms with Crippen molar-refractivity contribution in [3.8, 4) is 11.3 Å². The Labute approximate surface area is 120 Å². The van der Waals surface area contributed by atoms with Crippen LogP contribution in [0.5, 0.6) is 0 Å². The number of rotatable bonds is 2. The van der Waals surface area contributed by atoms with E-state index in [2.05, 4.69) is 4.98 Å². The Hall–Kier alpha value is -2.24. The number of fused-ring (bicyclic) bond motifs is 1. The van der Waals surface area contributed by atoms with E-state index in [0.717, 1.165) is 24.2 Å². The van der Waals surface area contributed by atoms with E-state index in [0.29, 0.717) is 30.0 Å². The summed E-state index contributed by atoms with van der Waals surface area (Å²) >= 11 is 0. The van der Waals surface area contributed by atoms with E-state index in [-0.39, 0.29) is 0 Å². The molecule has 1 aromatic carbocycles. The van der Waals surface area contributed by atoms with Crippen molar-refractivity contribution >= 4 is 5.97 Å². The zero-order chi connectivity index (χ0) is 15.1. The summed E-state index contributed by atoms with van der Waals surface area (Å²) in [5.74, 6) is -2.91. The molecule has 6 heteroatoms. The Balaban J connectivity index is 2.13. The lowest BCUT2D eigenvalue weighted by atomic mass is 9.99. The smallest absolute Gasteiger partial charge is 0.314 e. The van der Waals surface area contributed by atoms with Crippen molar-refractivity contribution in [2.45, 2.75) is 32.2 Å². The molecule has 1 aliphatic heterocycles. The van der Waals surface area contributed by atoms with E-state index in [1.165, 1.54) is 6.07 Å². The monoisotopic (exact) mass is 292 g/mol. The number of hydrogen-bond acceptors (Lipinski definition) is 2. The number of carboxylic acid groups (broad SMARTS) is 1. The van der Waals surface area contributed by atoms with E-state index < -0.39 is 23.5 Å². The Morgan fingerprint density at radius 1 is 1.38 bits per heavy atom. The molecule has 1 aliphatic rings. The molecule has 1 N–H and O–H groups in total. The number of benzene rings is 1. The molecule has 3 rings (SSSR count). The molecule has 0 bridgehead atoms. The van der Waals surface area contributed by atoms with Gasteiger partial charge in [0.1, 0.15) is 11.7 Å². The molecule has 1 atom stereocenters. The van der Waals surface area contributed by atoms with Crippen LogP contribution in [0.1, 0.15) is 30.3 Å². The minimum absolute atomic E-state index is 0.456. The van der Waals surface area contributed by atoms with Crippen molar-refractivity contribution in [2.24, 2.45) is 0 Å². The average molecular weight is 292 g/mol. The second-order valence-electron chi connectivity index (χ2n) is 5.22. The standard InChI is InChI=1S/C15H14F2N2O2/c1-8-13(9-4-5-11(16)12(17)7-9)18-14-10(15(20)21)3-2-6-19(8)14/h4-5,7,10H,2-3,6H2,1H3,(H,20,21). The van der Waals surface area contributed by atoms with Crippen LogP contribution in [0, 0.1) is 18.6 Å². The van der Waals surface area contributed by atoms with Crippen molar-refractivity contribution in [1.82, 2.24) is 9.55 Å². The molecule has 0 saturated carbocycles. The number of halogens is 2. The van der Waals surface area contributed by atoms with Crippen molar-refractivity contribution in [2.75, 3.05) is 0 Å². The fraction of sp³-hybridized carbons (Fsp3) is 0.333. The van der Waals surface area contributed by atoms with Crippen LogP contribution in [0.4, 0.5) is 8.78 Å². The molecule has 0 radical (unpaired) electrons. The first-order chi connectivity index (χ1) is 9.99. The minimum Gasteiger partial charge on any atom is -0.481 e. The number of hydrogen-bond donors (Lipinski definition) is 1. The lowest BCUT2D eigenvalue weighted by molar-refractivity contribution is -0.139. The summed E-state index contributed by atoms with van der Waals surface area (Å²) in [6.07, 6.45) is 1.31. The highest BCUT2D eigenvalue weighted by Gasteiger charge is 2.30. The third-order valence-corrected chi connectivity index (χ3v) is 3.93. The summed E-state index contributed by atoms with van der Waals surface area (Å²) in [5.41, 5.74) is 1.75. The predicted octanol–water partition coefficient (Wildman–Crippen LogP) is 3.10. The lowest BCUT2D eigenvalue weighted by Gasteiger charge is -2.20. The number of aromatic nitrogens is 2. The molecule has 1 unspecified atom stereocenters. The van der Waals surface area contributed by atoms with Crippen LogP contribution in [0.3, 0.4) is 0 Å². The first kappa shape index (κ1) is 13.7. The largest absolute Gasteiger partial charge is 0.481 e. The molecule has 2 aromatic rings. The fourth-order valence-electron chi connectivity index (χ4n) is 2.84. The van der Waals surface area contributed by atoms with Gasteiger partial charge in [0, 0.05) is 17.8 Å². The van der Waals surface area contributed by atoms with E-state index in [1.54, 1.807) is 0 Å².